The number of ether oxygens (including phenoxy) is 2. The number of rotatable bonds is 5. The van der Waals surface area contributed by atoms with E-state index < -0.39 is 11.7 Å². The average Bonchev–Trinajstić information content (AvgIpc) is 3.11. The highest BCUT2D eigenvalue weighted by atomic mass is 19.4. The Labute approximate surface area is 172 Å². The second-order valence-electron chi connectivity index (χ2n) is 7.14. The number of hydrogen-bond donors (Lipinski definition) is 1. The number of nitrogens with zero attached hydrogens (tertiary/aromatic N) is 3. The summed E-state index contributed by atoms with van der Waals surface area (Å²) in [4.78, 5) is 6.88. The summed E-state index contributed by atoms with van der Waals surface area (Å²) in [5, 5.41) is 3.29. The van der Waals surface area contributed by atoms with E-state index in [9.17, 15) is 13.2 Å². The van der Waals surface area contributed by atoms with Crippen molar-refractivity contribution in [2.24, 2.45) is 0 Å². The van der Waals surface area contributed by atoms with Crippen LogP contribution in [0.4, 0.5) is 13.2 Å². The van der Waals surface area contributed by atoms with Crippen molar-refractivity contribution in [2.45, 2.75) is 12.7 Å². The van der Waals surface area contributed by atoms with Crippen molar-refractivity contribution in [1.29, 1.82) is 0 Å². The molecule has 2 aromatic heterocycles. The number of nitrogens with one attached hydrogen (secondary N) is 1. The Morgan fingerprint density at radius 3 is 2.50 bits per heavy atom. The fourth-order valence-corrected chi connectivity index (χ4v) is 3.71. The molecule has 1 N–H and O–H groups in total. The van der Waals surface area contributed by atoms with Gasteiger partial charge in [0, 0.05) is 44.5 Å². The van der Waals surface area contributed by atoms with Crippen LogP contribution in [0.25, 0.3) is 16.9 Å². The molecule has 4 rings (SSSR count). The minimum atomic E-state index is -4.43. The van der Waals surface area contributed by atoms with Crippen molar-refractivity contribution in [3.05, 3.63) is 47.8 Å². The summed E-state index contributed by atoms with van der Waals surface area (Å²) in [5.74, 6) is 1.20. The van der Waals surface area contributed by atoms with Gasteiger partial charge in [-0.3, -0.25) is 4.90 Å². The van der Waals surface area contributed by atoms with Crippen molar-refractivity contribution in [3.8, 4) is 22.8 Å². The Bertz CT molecular complexity index is 1040. The first-order valence-corrected chi connectivity index (χ1v) is 9.64. The molecule has 9 heteroatoms. The minimum absolute atomic E-state index is 0.452. The zero-order chi connectivity index (χ0) is 21.3. The molecule has 1 aromatic carbocycles. The van der Waals surface area contributed by atoms with E-state index >= 15 is 0 Å². The van der Waals surface area contributed by atoms with E-state index in [1.54, 1.807) is 36.8 Å². The van der Waals surface area contributed by atoms with Crippen molar-refractivity contribution >= 4 is 5.65 Å². The second-order valence-corrected chi connectivity index (χ2v) is 7.14. The molecule has 3 aromatic rings. The highest BCUT2D eigenvalue weighted by Crippen LogP contribution is 2.37. The van der Waals surface area contributed by atoms with Crippen LogP contribution in [0.3, 0.4) is 0 Å². The zero-order valence-corrected chi connectivity index (χ0v) is 16.8. The molecular weight excluding hydrogens is 397 g/mol. The van der Waals surface area contributed by atoms with Gasteiger partial charge in [0.1, 0.15) is 17.1 Å². The Kier molecular flexibility index (Phi) is 5.57. The van der Waals surface area contributed by atoms with Crippen molar-refractivity contribution < 1.29 is 22.6 Å². The topological polar surface area (TPSA) is 51.0 Å². The van der Waals surface area contributed by atoms with Gasteiger partial charge in [-0.2, -0.15) is 13.2 Å². The number of piperazine rings is 1. The molecule has 0 aliphatic carbocycles. The summed E-state index contributed by atoms with van der Waals surface area (Å²) in [6.45, 7) is 3.76. The molecule has 0 atom stereocenters. The summed E-state index contributed by atoms with van der Waals surface area (Å²) in [7, 11) is 3.12. The molecule has 0 amide bonds. The molecule has 0 saturated carbocycles. The van der Waals surface area contributed by atoms with E-state index in [0.717, 1.165) is 38.4 Å². The zero-order valence-electron chi connectivity index (χ0n) is 16.8. The largest absolute Gasteiger partial charge is 0.497 e. The fourth-order valence-electron chi connectivity index (χ4n) is 3.71. The molecular formula is C21H23F3N4O2. The first-order chi connectivity index (χ1) is 14.4. The monoisotopic (exact) mass is 420 g/mol. The lowest BCUT2D eigenvalue weighted by molar-refractivity contribution is -0.137. The van der Waals surface area contributed by atoms with E-state index in [-0.39, 0.29) is 0 Å². The van der Waals surface area contributed by atoms with Gasteiger partial charge >= 0.3 is 6.18 Å². The van der Waals surface area contributed by atoms with Crippen LogP contribution in [0.2, 0.25) is 0 Å². The number of halogens is 3. The van der Waals surface area contributed by atoms with Crippen LogP contribution in [0, 0.1) is 0 Å². The summed E-state index contributed by atoms with van der Waals surface area (Å²) in [6.07, 6.45) is -3.31. The number of methoxy groups -OCH3 is 2. The quantitative estimate of drug-likeness (QED) is 0.685. The molecule has 160 valence electrons. The number of hydrogen-bond acceptors (Lipinski definition) is 5. The van der Waals surface area contributed by atoms with Crippen molar-refractivity contribution in [3.63, 3.8) is 0 Å². The lowest BCUT2D eigenvalue weighted by Crippen LogP contribution is -2.43. The van der Waals surface area contributed by atoms with E-state index in [0.29, 0.717) is 40.6 Å². The first kappa shape index (κ1) is 20.5. The van der Waals surface area contributed by atoms with E-state index in [4.69, 9.17) is 9.47 Å². The van der Waals surface area contributed by atoms with Crippen LogP contribution in [0.1, 0.15) is 11.3 Å². The van der Waals surface area contributed by atoms with E-state index in [1.807, 2.05) is 0 Å². The second kappa shape index (κ2) is 8.16. The molecule has 1 aliphatic heterocycles. The van der Waals surface area contributed by atoms with Crippen LogP contribution < -0.4 is 14.8 Å². The third kappa shape index (κ3) is 3.95. The molecule has 6 nitrogen and oxygen atoms in total. The lowest BCUT2D eigenvalue weighted by Gasteiger charge is -2.27. The molecule has 0 bridgehead atoms. The maximum atomic E-state index is 13.4. The first-order valence-electron chi connectivity index (χ1n) is 9.64. The Morgan fingerprint density at radius 2 is 1.83 bits per heavy atom. The Balaban J connectivity index is 1.91. The van der Waals surface area contributed by atoms with E-state index in [2.05, 4.69) is 15.2 Å². The lowest BCUT2D eigenvalue weighted by atomic mass is 10.1. The third-order valence-electron chi connectivity index (χ3n) is 5.29. The van der Waals surface area contributed by atoms with Crippen LogP contribution in [-0.4, -0.2) is 54.7 Å². The van der Waals surface area contributed by atoms with Crippen molar-refractivity contribution in [2.75, 3.05) is 40.4 Å². The summed E-state index contributed by atoms with van der Waals surface area (Å²) >= 11 is 0. The number of pyridine rings is 1. The van der Waals surface area contributed by atoms with Gasteiger partial charge in [-0.25, -0.2) is 4.98 Å². The third-order valence-corrected chi connectivity index (χ3v) is 5.29. The smallest absolute Gasteiger partial charge is 0.417 e. The van der Waals surface area contributed by atoms with Gasteiger partial charge in [-0.15, -0.1) is 0 Å². The molecule has 3 heterocycles. The fraction of sp³-hybridized carbons (Fsp3) is 0.381. The molecule has 0 unspecified atom stereocenters. The van der Waals surface area contributed by atoms with E-state index in [1.165, 1.54) is 6.07 Å². The highest BCUT2D eigenvalue weighted by Gasteiger charge is 2.32. The molecule has 1 fully saturated rings. The van der Waals surface area contributed by atoms with Gasteiger partial charge in [0.2, 0.25) is 0 Å². The summed E-state index contributed by atoms with van der Waals surface area (Å²) in [5.41, 5.74) is 1.69. The maximum absolute atomic E-state index is 13.4. The van der Waals surface area contributed by atoms with Gasteiger partial charge in [0.05, 0.1) is 31.2 Å². The Morgan fingerprint density at radius 1 is 1.07 bits per heavy atom. The normalized spacial score (nSPS) is 15.5. The predicted octanol–water partition coefficient (Wildman–Crippen LogP) is 3.44. The van der Waals surface area contributed by atoms with Gasteiger partial charge in [0.15, 0.2) is 0 Å². The SMILES string of the molecule is COc1ccc(OC)c(-c2nc3ccc(C(F)(F)F)cn3c2CN2CCNCC2)c1. The van der Waals surface area contributed by atoms with Crippen LogP contribution in [0.5, 0.6) is 11.5 Å². The number of fused-ring (bicyclic) bond motifs is 1. The van der Waals surface area contributed by atoms with Gasteiger partial charge in [0.25, 0.3) is 0 Å². The van der Waals surface area contributed by atoms with Crippen LogP contribution in [0.15, 0.2) is 36.5 Å². The van der Waals surface area contributed by atoms with Gasteiger partial charge in [-0.1, -0.05) is 0 Å². The Hall–Kier alpha value is -2.78. The van der Waals surface area contributed by atoms with Gasteiger partial charge < -0.3 is 19.2 Å². The summed E-state index contributed by atoms with van der Waals surface area (Å²) in [6, 6.07) is 7.81. The minimum Gasteiger partial charge on any atom is -0.497 e. The molecule has 30 heavy (non-hydrogen) atoms. The van der Waals surface area contributed by atoms with Crippen LogP contribution >= 0.6 is 0 Å². The summed E-state index contributed by atoms with van der Waals surface area (Å²) < 4.78 is 52.5. The highest BCUT2D eigenvalue weighted by molar-refractivity contribution is 5.74. The molecule has 0 spiro atoms. The van der Waals surface area contributed by atoms with Gasteiger partial charge in [-0.05, 0) is 30.3 Å². The van der Waals surface area contributed by atoms with Crippen LogP contribution in [-0.2, 0) is 12.7 Å². The number of alkyl halides is 3. The van der Waals surface area contributed by atoms with Crippen molar-refractivity contribution in [1.82, 2.24) is 19.6 Å². The maximum Gasteiger partial charge on any atom is 0.417 e. The predicted molar refractivity (Wildman–Crippen MR) is 107 cm³/mol. The number of benzene rings is 1. The standard InChI is InChI=1S/C21H23F3N4O2/c1-29-15-4-5-18(30-2)16(11-15)20-17(13-27-9-7-25-8-10-27)28-12-14(21(22,23)24)3-6-19(28)26-20/h3-6,11-12,25H,7-10,13H2,1-2H3. The molecule has 0 radical (unpaired) electrons. The molecule has 1 saturated heterocycles. The number of imidazole rings is 1. The molecule has 1 aliphatic rings. The number of aromatic nitrogens is 2. The average molecular weight is 420 g/mol.